The van der Waals surface area contributed by atoms with Gasteiger partial charge in [-0.2, -0.15) is 0 Å². The number of rotatable bonds is 5. The normalized spacial score (nSPS) is 18.5. The summed E-state index contributed by atoms with van der Waals surface area (Å²) >= 11 is 5.08. The second-order valence-corrected chi connectivity index (χ2v) is 9.12. The molecular formula is C21H22BrN3O2S. The Labute approximate surface area is 176 Å². The Morgan fingerprint density at radius 2 is 2.14 bits per heavy atom. The fourth-order valence-electron chi connectivity index (χ4n) is 3.84. The van der Waals surface area contributed by atoms with E-state index < -0.39 is 0 Å². The van der Waals surface area contributed by atoms with Crippen molar-refractivity contribution in [1.29, 1.82) is 0 Å². The zero-order valence-electron chi connectivity index (χ0n) is 15.7. The molecule has 2 heterocycles. The highest BCUT2D eigenvalue weighted by Crippen LogP contribution is 2.43. The summed E-state index contributed by atoms with van der Waals surface area (Å²) in [7, 11) is 0. The van der Waals surface area contributed by atoms with Gasteiger partial charge in [-0.3, -0.25) is 9.59 Å². The quantitative estimate of drug-likeness (QED) is 0.374. The van der Waals surface area contributed by atoms with Crippen LogP contribution in [-0.4, -0.2) is 21.5 Å². The summed E-state index contributed by atoms with van der Waals surface area (Å²) in [6.07, 6.45) is 4.33. The number of aromatic amines is 1. The second-order valence-electron chi connectivity index (χ2n) is 7.12. The number of hydrogen-bond acceptors (Lipinski definition) is 5. The van der Waals surface area contributed by atoms with Crippen LogP contribution >= 0.6 is 27.7 Å². The lowest BCUT2D eigenvalue weighted by Crippen LogP contribution is -2.32. The molecule has 1 aliphatic carbocycles. The lowest BCUT2D eigenvalue weighted by Gasteiger charge is -2.32. The van der Waals surface area contributed by atoms with E-state index in [-0.39, 0.29) is 17.3 Å². The maximum absolute atomic E-state index is 13.1. The zero-order chi connectivity index (χ0) is 19.7. The number of fused-ring (bicyclic) bond motifs is 1. The van der Waals surface area contributed by atoms with Crippen LogP contribution in [0.5, 0.6) is 0 Å². The van der Waals surface area contributed by atoms with Gasteiger partial charge in [-0.1, -0.05) is 53.2 Å². The summed E-state index contributed by atoms with van der Waals surface area (Å²) in [5.74, 6) is 1.23. The van der Waals surface area contributed by atoms with Gasteiger partial charge >= 0.3 is 0 Å². The molecule has 5 nitrogen and oxygen atoms in total. The molecule has 0 spiro atoms. The number of hydrogen-bond donors (Lipinski definition) is 2. The zero-order valence-corrected chi connectivity index (χ0v) is 18.1. The molecule has 1 aromatic heterocycles. The van der Waals surface area contributed by atoms with E-state index in [1.165, 1.54) is 0 Å². The lowest BCUT2D eigenvalue weighted by molar-refractivity contribution is -0.116. The molecule has 1 aliphatic heterocycles. The van der Waals surface area contributed by atoms with Crippen LogP contribution in [0, 0.1) is 0 Å². The number of Topliss-reactive ketones (excluding diaryl/α,β-unsaturated/α-hetero) is 1. The smallest absolute Gasteiger partial charge is 0.257 e. The molecule has 0 bridgehead atoms. The number of aromatic nitrogens is 2. The molecule has 1 aromatic carbocycles. The van der Waals surface area contributed by atoms with Gasteiger partial charge in [-0.05, 0) is 37.0 Å². The number of nitrogens with zero attached hydrogens (tertiary/aromatic N) is 1. The monoisotopic (exact) mass is 459 g/mol. The molecule has 1 unspecified atom stereocenters. The predicted molar refractivity (Wildman–Crippen MR) is 116 cm³/mol. The summed E-state index contributed by atoms with van der Waals surface area (Å²) in [5.41, 5.74) is 2.92. The Morgan fingerprint density at radius 1 is 1.29 bits per heavy atom. The second kappa shape index (κ2) is 8.25. The van der Waals surface area contributed by atoms with E-state index in [9.17, 15) is 9.59 Å². The molecule has 2 N–H and O–H groups in total. The molecule has 4 rings (SSSR count). The van der Waals surface area contributed by atoms with Crippen molar-refractivity contribution in [3.63, 3.8) is 0 Å². The first-order valence-electron chi connectivity index (χ1n) is 9.64. The highest BCUT2D eigenvalue weighted by atomic mass is 79.9. The van der Waals surface area contributed by atoms with Crippen LogP contribution in [0.25, 0.3) is 0 Å². The Bertz CT molecular complexity index is 1010. The first-order chi connectivity index (χ1) is 13.6. The van der Waals surface area contributed by atoms with Crippen LogP contribution in [0.15, 0.2) is 50.0 Å². The summed E-state index contributed by atoms with van der Waals surface area (Å²) in [5, 5.41) is 3.95. The highest BCUT2D eigenvalue weighted by molar-refractivity contribution is 9.10. The van der Waals surface area contributed by atoms with Gasteiger partial charge in [-0.25, -0.2) is 4.98 Å². The number of unbranched alkanes of at least 4 members (excludes halogenated alkanes) is 1. The van der Waals surface area contributed by atoms with Crippen molar-refractivity contribution in [2.75, 3.05) is 11.1 Å². The number of nitrogens with one attached hydrogen (secondary N) is 2. The van der Waals surface area contributed by atoms with E-state index in [0.29, 0.717) is 23.0 Å². The summed E-state index contributed by atoms with van der Waals surface area (Å²) in [6, 6.07) is 7.83. The molecule has 0 fully saturated rings. The predicted octanol–water partition coefficient (Wildman–Crippen LogP) is 4.99. The number of carbonyl (C=O) groups is 1. The minimum atomic E-state index is -0.387. The van der Waals surface area contributed by atoms with E-state index >= 15 is 0 Å². The minimum absolute atomic E-state index is 0.116. The lowest BCUT2D eigenvalue weighted by atomic mass is 9.76. The van der Waals surface area contributed by atoms with Gasteiger partial charge in [0.2, 0.25) is 0 Å². The standard InChI is InChI=1S/C21H22BrN3O2S/c1-2-3-10-28-21-24-19-18(20(27)25-21)16(12-6-4-7-13(22)11-12)17-14(23-19)8-5-9-15(17)26/h4,6-7,11,16H,2-3,5,8-10H2,1H3,(H2,23,24,25,27). The first kappa shape index (κ1) is 19.5. The molecule has 146 valence electrons. The van der Waals surface area contributed by atoms with Gasteiger partial charge in [0.1, 0.15) is 5.82 Å². The van der Waals surface area contributed by atoms with Crippen LogP contribution in [0.2, 0.25) is 0 Å². The third-order valence-electron chi connectivity index (χ3n) is 5.16. The fraction of sp³-hybridized carbons (Fsp3) is 0.381. The molecule has 0 saturated carbocycles. The summed E-state index contributed by atoms with van der Waals surface area (Å²) in [4.78, 5) is 33.5. The average molecular weight is 460 g/mol. The van der Waals surface area contributed by atoms with E-state index in [1.807, 2.05) is 24.3 Å². The highest BCUT2D eigenvalue weighted by Gasteiger charge is 2.37. The minimum Gasteiger partial charge on any atom is -0.343 e. The molecule has 7 heteroatoms. The van der Waals surface area contributed by atoms with Crippen molar-refractivity contribution in [3.8, 4) is 0 Å². The van der Waals surface area contributed by atoms with Crippen LogP contribution < -0.4 is 10.9 Å². The topological polar surface area (TPSA) is 74.8 Å². The van der Waals surface area contributed by atoms with Crippen LogP contribution in [0.3, 0.4) is 0 Å². The van der Waals surface area contributed by atoms with E-state index in [1.54, 1.807) is 11.8 Å². The molecule has 1 atom stereocenters. The van der Waals surface area contributed by atoms with Gasteiger partial charge in [0, 0.05) is 33.8 Å². The third kappa shape index (κ3) is 3.70. The molecule has 0 saturated heterocycles. The van der Waals surface area contributed by atoms with Crippen molar-refractivity contribution in [1.82, 2.24) is 9.97 Å². The number of benzene rings is 1. The summed E-state index contributed by atoms with van der Waals surface area (Å²) in [6.45, 7) is 2.14. The van der Waals surface area contributed by atoms with Gasteiger partial charge in [0.05, 0.1) is 5.56 Å². The largest absolute Gasteiger partial charge is 0.343 e. The number of carbonyl (C=O) groups excluding carboxylic acids is 1. The van der Waals surface area contributed by atoms with Gasteiger partial charge in [0.25, 0.3) is 5.56 Å². The van der Waals surface area contributed by atoms with Gasteiger partial charge < -0.3 is 10.3 Å². The number of H-pyrrole nitrogens is 1. The number of ketones is 1. The summed E-state index contributed by atoms with van der Waals surface area (Å²) < 4.78 is 0.923. The van der Waals surface area contributed by atoms with E-state index in [4.69, 9.17) is 4.98 Å². The molecule has 2 aromatic rings. The van der Waals surface area contributed by atoms with Crippen LogP contribution in [0.4, 0.5) is 5.82 Å². The molecule has 0 amide bonds. The van der Waals surface area contributed by atoms with Crippen LogP contribution in [0.1, 0.15) is 56.1 Å². The molecule has 28 heavy (non-hydrogen) atoms. The Balaban J connectivity index is 1.85. The average Bonchev–Trinajstić information content (AvgIpc) is 2.67. The number of halogens is 1. The van der Waals surface area contributed by atoms with E-state index in [0.717, 1.165) is 52.7 Å². The SMILES string of the molecule is CCCCSc1nc2c(c(=O)[nH]1)C(c1cccc(Br)c1)C1=C(CCCC1=O)N2. The van der Waals surface area contributed by atoms with Crippen molar-refractivity contribution in [3.05, 3.63) is 61.5 Å². The van der Waals surface area contributed by atoms with Crippen LogP contribution in [-0.2, 0) is 4.79 Å². The Hall–Kier alpha value is -1.86. The van der Waals surface area contributed by atoms with E-state index in [2.05, 4.69) is 33.2 Å². The Kier molecular flexibility index (Phi) is 5.73. The molecular weight excluding hydrogens is 438 g/mol. The molecule has 2 aliphatic rings. The number of anilines is 1. The third-order valence-corrected chi connectivity index (χ3v) is 6.61. The van der Waals surface area contributed by atoms with Crippen molar-refractivity contribution < 1.29 is 4.79 Å². The number of thioether (sulfide) groups is 1. The van der Waals surface area contributed by atoms with Crippen molar-refractivity contribution in [2.24, 2.45) is 0 Å². The van der Waals surface area contributed by atoms with Crippen molar-refractivity contribution in [2.45, 2.75) is 50.1 Å². The maximum Gasteiger partial charge on any atom is 0.257 e. The van der Waals surface area contributed by atoms with Gasteiger partial charge in [0.15, 0.2) is 10.9 Å². The maximum atomic E-state index is 13.1. The molecule has 0 radical (unpaired) electrons. The number of allylic oxidation sites excluding steroid dienone is 2. The van der Waals surface area contributed by atoms with Gasteiger partial charge in [-0.15, -0.1) is 0 Å². The van der Waals surface area contributed by atoms with Crippen molar-refractivity contribution >= 4 is 39.3 Å². The fourth-order valence-corrected chi connectivity index (χ4v) is 5.21. The first-order valence-corrected chi connectivity index (χ1v) is 11.4. The Morgan fingerprint density at radius 3 is 2.93 bits per heavy atom.